The van der Waals surface area contributed by atoms with Gasteiger partial charge in [0.25, 0.3) is 5.91 Å². The third-order valence-electron chi connectivity index (χ3n) is 8.33. The number of sulfonamides is 1. The van der Waals surface area contributed by atoms with E-state index in [9.17, 15) is 27.9 Å². The molecule has 44 heavy (non-hydrogen) atoms. The summed E-state index contributed by atoms with van der Waals surface area (Å²) in [6.07, 6.45) is 2.69. The number of methoxy groups -OCH3 is 2. The van der Waals surface area contributed by atoms with Gasteiger partial charge in [-0.1, -0.05) is 36.4 Å². The van der Waals surface area contributed by atoms with E-state index in [1.165, 1.54) is 30.7 Å². The second-order valence-electron chi connectivity index (χ2n) is 11.0. The number of anilines is 1. The van der Waals surface area contributed by atoms with E-state index in [0.717, 1.165) is 0 Å². The predicted octanol–water partition coefficient (Wildman–Crippen LogP) is 3.70. The first-order valence-electron chi connectivity index (χ1n) is 14.4. The maximum absolute atomic E-state index is 13.7. The Balaban J connectivity index is 1.30. The van der Waals surface area contributed by atoms with Crippen molar-refractivity contribution in [2.24, 2.45) is 5.92 Å². The highest BCUT2D eigenvalue weighted by atomic mass is 32.2. The number of carboxylic acid groups (broad SMARTS) is 1. The number of hydrogen-bond acceptors (Lipinski definition) is 7. The summed E-state index contributed by atoms with van der Waals surface area (Å²) in [5.41, 5.74) is 1.29. The third kappa shape index (κ3) is 6.27. The molecule has 232 valence electrons. The number of hydrogen-bond donors (Lipinski definition) is 3. The molecular formula is C32H35N3O8S. The van der Waals surface area contributed by atoms with E-state index in [2.05, 4.69) is 10.6 Å². The number of ether oxygens (including phenoxy) is 2. The zero-order valence-electron chi connectivity index (χ0n) is 24.4. The van der Waals surface area contributed by atoms with Gasteiger partial charge < -0.3 is 25.2 Å². The number of amides is 2. The molecule has 6 rings (SSSR count). The monoisotopic (exact) mass is 621 g/mol. The van der Waals surface area contributed by atoms with Gasteiger partial charge in [0.15, 0.2) is 0 Å². The number of piperidine rings is 2. The topological polar surface area (TPSA) is 151 Å². The number of carboxylic acids is 1. The molecule has 3 aromatic carbocycles. The van der Waals surface area contributed by atoms with Crippen molar-refractivity contribution < 1.29 is 37.4 Å². The van der Waals surface area contributed by atoms with Gasteiger partial charge in [0.1, 0.15) is 29.1 Å². The Kier molecular flexibility index (Phi) is 9.21. The smallest absolute Gasteiger partial charge is 0.326 e. The molecule has 2 atom stereocenters. The summed E-state index contributed by atoms with van der Waals surface area (Å²) in [5, 5.41) is 15.4. The molecule has 1 aliphatic carbocycles. The van der Waals surface area contributed by atoms with Crippen LogP contribution in [0.3, 0.4) is 0 Å². The minimum absolute atomic E-state index is 0.0398. The van der Waals surface area contributed by atoms with E-state index in [1.807, 2.05) is 0 Å². The van der Waals surface area contributed by atoms with Crippen molar-refractivity contribution >= 4 is 33.5 Å². The van der Waals surface area contributed by atoms with Crippen molar-refractivity contribution in [3.63, 3.8) is 0 Å². The van der Waals surface area contributed by atoms with Crippen molar-refractivity contribution in [1.29, 1.82) is 0 Å². The summed E-state index contributed by atoms with van der Waals surface area (Å²) in [7, 11) is -1.06. The maximum atomic E-state index is 13.7. The molecule has 0 aromatic heterocycles. The predicted molar refractivity (Wildman–Crippen MR) is 162 cm³/mol. The average molecular weight is 622 g/mol. The molecule has 2 saturated heterocycles. The largest absolute Gasteiger partial charge is 0.496 e. The van der Waals surface area contributed by atoms with Gasteiger partial charge in [0.05, 0.1) is 19.1 Å². The molecule has 2 amide bonds. The second kappa shape index (κ2) is 13.1. The minimum Gasteiger partial charge on any atom is -0.496 e. The number of carbonyl (C=O) groups excluding carboxylic acids is 2. The second-order valence-corrected chi connectivity index (χ2v) is 12.8. The number of carbonyl (C=O) groups is 3. The molecule has 0 spiro atoms. The number of nitrogens with one attached hydrogen (secondary N) is 2. The van der Waals surface area contributed by atoms with Crippen LogP contribution in [0, 0.1) is 5.92 Å². The Morgan fingerprint density at radius 3 is 2.07 bits per heavy atom. The molecule has 1 saturated carbocycles. The first-order chi connectivity index (χ1) is 21.1. The average Bonchev–Trinajstić information content (AvgIpc) is 3.05. The molecule has 2 aliphatic heterocycles. The van der Waals surface area contributed by atoms with Gasteiger partial charge >= 0.3 is 5.97 Å². The van der Waals surface area contributed by atoms with Crippen LogP contribution in [-0.2, 0) is 26.0 Å². The van der Waals surface area contributed by atoms with E-state index in [-0.39, 0.29) is 28.8 Å². The lowest BCUT2D eigenvalue weighted by atomic mass is 9.76. The molecule has 12 heteroatoms. The maximum Gasteiger partial charge on any atom is 0.326 e. The first-order valence-corrected chi connectivity index (χ1v) is 15.8. The first kappa shape index (κ1) is 31.0. The summed E-state index contributed by atoms with van der Waals surface area (Å²) in [6, 6.07) is 17.0. The van der Waals surface area contributed by atoms with Crippen molar-refractivity contribution in [3.05, 3.63) is 83.9 Å². The molecule has 3 aromatic rings. The quantitative estimate of drug-likeness (QED) is 0.293. The lowest BCUT2D eigenvalue weighted by Crippen LogP contribution is -2.63. The Labute approximate surface area is 256 Å². The Morgan fingerprint density at radius 1 is 0.886 bits per heavy atom. The molecular weight excluding hydrogens is 586 g/mol. The van der Waals surface area contributed by atoms with Gasteiger partial charge in [-0.3, -0.25) is 9.59 Å². The van der Waals surface area contributed by atoms with Gasteiger partial charge in [-0.15, -0.1) is 0 Å². The van der Waals surface area contributed by atoms with Gasteiger partial charge in [-0.2, -0.15) is 4.31 Å². The van der Waals surface area contributed by atoms with E-state index in [0.29, 0.717) is 48.4 Å². The zero-order valence-corrected chi connectivity index (χ0v) is 25.3. The summed E-state index contributed by atoms with van der Waals surface area (Å²) in [4.78, 5) is 39.0. The van der Waals surface area contributed by atoms with E-state index >= 15 is 0 Å². The molecule has 2 heterocycles. The van der Waals surface area contributed by atoms with E-state index in [4.69, 9.17) is 9.47 Å². The van der Waals surface area contributed by atoms with E-state index < -0.39 is 39.9 Å². The fraction of sp³-hybridized carbons (Fsp3) is 0.344. The Hall–Kier alpha value is -4.42. The van der Waals surface area contributed by atoms with Crippen molar-refractivity contribution in [1.82, 2.24) is 9.62 Å². The third-order valence-corrected chi connectivity index (χ3v) is 10.3. The van der Waals surface area contributed by atoms with Crippen LogP contribution in [-0.4, -0.2) is 68.0 Å². The van der Waals surface area contributed by atoms with Crippen LogP contribution in [0.2, 0.25) is 0 Å². The lowest BCUT2D eigenvalue weighted by molar-refractivity contribution is -0.143. The van der Waals surface area contributed by atoms with Crippen molar-refractivity contribution in [2.75, 3.05) is 19.5 Å². The van der Waals surface area contributed by atoms with Crippen molar-refractivity contribution in [2.45, 2.75) is 55.1 Å². The van der Waals surface area contributed by atoms with Crippen LogP contribution in [0.1, 0.15) is 41.6 Å². The van der Waals surface area contributed by atoms with Crippen LogP contribution >= 0.6 is 0 Å². The van der Waals surface area contributed by atoms with E-state index in [1.54, 1.807) is 60.7 Å². The number of fused-ring (bicyclic) bond motifs is 3. The number of nitrogens with zero attached hydrogens (tertiary/aromatic N) is 1. The molecule has 11 nitrogen and oxygen atoms in total. The van der Waals surface area contributed by atoms with Crippen molar-refractivity contribution in [3.8, 4) is 11.5 Å². The molecule has 0 radical (unpaired) electrons. The molecule has 3 fully saturated rings. The molecule has 3 aliphatic rings. The van der Waals surface area contributed by atoms with Gasteiger partial charge in [0.2, 0.25) is 15.9 Å². The minimum atomic E-state index is -3.97. The normalized spacial score (nSPS) is 20.4. The lowest BCUT2D eigenvalue weighted by Gasteiger charge is -2.49. The Morgan fingerprint density at radius 2 is 1.50 bits per heavy atom. The fourth-order valence-corrected chi connectivity index (χ4v) is 8.10. The highest BCUT2D eigenvalue weighted by molar-refractivity contribution is 7.89. The summed E-state index contributed by atoms with van der Waals surface area (Å²) in [6.45, 7) is 0. The molecule has 3 N–H and O–H groups in total. The van der Waals surface area contributed by atoms with Gasteiger partial charge in [0, 0.05) is 18.2 Å². The molecule has 2 unspecified atom stereocenters. The summed E-state index contributed by atoms with van der Waals surface area (Å²) in [5.74, 6) is -1.80. The van der Waals surface area contributed by atoms with Crippen LogP contribution in [0.5, 0.6) is 11.5 Å². The van der Waals surface area contributed by atoms with Crippen LogP contribution in [0.4, 0.5) is 5.69 Å². The zero-order chi connectivity index (χ0) is 31.4. The summed E-state index contributed by atoms with van der Waals surface area (Å²) >= 11 is 0. The highest BCUT2D eigenvalue weighted by Crippen LogP contribution is 2.42. The number of benzene rings is 3. The van der Waals surface area contributed by atoms with Gasteiger partial charge in [-0.25, -0.2) is 13.2 Å². The molecule has 2 bridgehead atoms. The standard InChI is InChI=1S/C32H35N3O8S/c1-42-26-9-6-10-27(43-2)28(26)30(36)33-22-15-11-20(12-16-22)19-25(32(38)39)34-31(37)29-21-13-17-23(18-14-21)35(29)44(40,41)24-7-4-3-5-8-24/h3-12,15-16,21,23,25,29H,13-14,17-19H2,1-2H3,(H,33,36)(H,34,37)(H,38,39). The summed E-state index contributed by atoms with van der Waals surface area (Å²) < 4.78 is 39.2. The van der Waals surface area contributed by atoms with Crippen LogP contribution in [0.25, 0.3) is 0 Å². The number of aliphatic carboxylic acids is 1. The Bertz CT molecular complexity index is 1600. The highest BCUT2D eigenvalue weighted by Gasteiger charge is 2.51. The fourth-order valence-electron chi connectivity index (χ4n) is 6.18. The number of rotatable bonds is 11. The van der Waals surface area contributed by atoms with Crippen LogP contribution in [0.15, 0.2) is 77.7 Å². The SMILES string of the molecule is COc1cccc(OC)c1C(=O)Nc1ccc(CC(NC(=O)C2C3CCC(CC3)N2S(=O)(=O)c2ccccc2)C(=O)O)cc1. The van der Waals surface area contributed by atoms with Gasteiger partial charge in [-0.05, 0) is 73.6 Å². The van der Waals surface area contributed by atoms with Crippen LogP contribution < -0.4 is 20.1 Å².